The van der Waals surface area contributed by atoms with E-state index in [-0.39, 0.29) is 48.5 Å². The van der Waals surface area contributed by atoms with E-state index in [1.165, 1.54) is 21.1 Å². The lowest BCUT2D eigenvalue weighted by atomic mass is 9.70. The molecule has 1 aliphatic carbocycles. The van der Waals surface area contributed by atoms with Crippen molar-refractivity contribution in [3.63, 3.8) is 0 Å². The van der Waals surface area contributed by atoms with Gasteiger partial charge >= 0.3 is 6.09 Å². The van der Waals surface area contributed by atoms with Gasteiger partial charge in [0, 0.05) is 48.0 Å². The Kier molecular flexibility index (Phi) is 10.1. The largest absolute Gasteiger partial charge is 0.493 e. The van der Waals surface area contributed by atoms with Crippen molar-refractivity contribution >= 4 is 23.6 Å². The van der Waals surface area contributed by atoms with Gasteiger partial charge in [-0.25, -0.2) is 4.79 Å². The van der Waals surface area contributed by atoms with Crippen LogP contribution in [0.15, 0.2) is 28.5 Å². The van der Waals surface area contributed by atoms with E-state index in [2.05, 4.69) is 22.0 Å². The lowest BCUT2D eigenvalue weighted by Gasteiger charge is -2.57. The first-order valence-corrected chi connectivity index (χ1v) is 16.3. The molecule has 3 N–H and O–H groups in total. The summed E-state index contributed by atoms with van der Waals surface area (Å²) in [6.07, 6.45) is -0.137. The van der Waals surface area contributed by atoms with Crippen LogP contribution >= 0.6 is 0 Å². The number of nitrogens with zero attached hydrogens (tertiary/aromatic N) is 2. The molecular weight excluding hydrogens is 634 g/mol. The van der Waals surface area contributed by atoms with Gasteiger partial charge in [-0.1, -0.05) is 6.07 Å². The third-order valence-corrected chi connectivity index (χ3v) is 9.46. The Morgan fingerprint density at radius 2 is 1.82 bits per heavy atom. The van der Waals surface area contributed by atoms with Crippen LogP contribution in [-0.2, 0) is 35.0 Å². The van der Waals surface area contributed by atoms with Gasteiger partial charge in [0.15, 0.2) is 29.8 Å². The highest BCUT2D eigenvalue weighted by atomic mass is 16.7. The first kappa shape index (κ1) is 35.8. The SMILES string of the molecule is COCOc1c(OC)c(C)cc2c1[C@@H]1N[C@H](C2)[C@H](C#N)N2C1CC1=C(C(=O)C(OC)=C(C)C1=O)[C@@H]2CNC(=O)[C@H](C)NC(=O)OC(C)(C)C. The van der Waals surface area contributed by atoms with Gasteiger partial charge < -0.3 is 39.6 Å². The molecule has 0 spiro atoms. The maximum Gasteiger partial charge on any atom is 0.408 e. The van der Waals surface area contributed by atoms with Crippen molar-refractivity contribution in [2.45, 2.75) is 96.2 Å². The van der Waals surface area contributed by atoms with Gasteiger partial charge in [-0.3, -0.25) is 19.3 Å². The van der Waals surface area contributed by atoms with E-state index < -0.39 is 53.6 Å². The van der Waals surface area contributed by atoms with Crippen LogP contribution in [0.5, 0.6) is 11.5 Å². The molecule has 49 heavy (non-hydrogen) atoms. The second kappa shape index (κ2) is 13.8. The summed E-state index contributed by atoms with van der Waals surface area (Å²) in [5.74, 6) is -0.346. The molecule has 0 radical (unpaired) electrons. The molecule has 0 saturated carbocycles. The minimum atomic E-state index is -0.986. The zero-order valence-corrected chi connectivity index (χ0v) is 29.4. The van der Waals surface area contributed by atoms with E-state index in [1.54, 1.807) is 34.8 Å². The predicted molar refractivity (Wildman–Crippen MR) is 176 cm³/mol. The number of benzene rings is 1. The number of hydrogen-bond donors (Lipinski definition) is 3. The van der Waals surface area contributed by atoms with Crippen LogP contribution in [0.4, 0.5) is 4.79 Å². The standard InChI is InChI=1S/C35H45N5O9/c1-16-10-19-11-21-23(13-36)40-22(27(39-21)25(19)32(30(16)46-8)48-15-45-7)12-20-26(29(42)31(47-9)17(2)28(20)41)24(40)14-37-33(43)18(3)38-34(44)49-35(4,5)6/h10,18,21-24,27,39H,11-12,14-15H2,1-9H3,(H,37,43)(H,38,44)/t18-,21+,22?,23-,24-,27+/m0/s1. The molecule has 264 valence electrons. The number of nitrogens with one attached hydrogen (secondary N) is 3. The Morgan fingerprint density at radius 3 is 2.43 bits per heavy atom. The molecule has 14 heteroatoms. The van der Waals surface area contributed by atoms with Gasteiger partial charge in [-0.2, -0.15) is 5.26 Å². The number of methoxy groups -OCH3 is 3. The Morgan fingerprint density at radius 1 is 1.10 bits per heavy atom. The predicted octanol–water partition coefficient (Wildman–Crippen LogP) is 2.29. The molecule has 2 amide bonds. The van der Waals surface area contributed by atoms with Gasteiger partial charge in [-0.15, -0.1) is 0 Å². The third-order valence-electron chi connectivity index (χ3n) is 9.46. The number of hydrogen-bond acceptors (Lipinski definition) is 12. The van der Waals surface area contributed by atoms with E-state index >= 15 is 0 Å². The number of carbonyl (C=O) groups is 4. The second-order valence-corrected chi connectivity index (χ2v) is 13.8. The van der Waals surface area contributed by atoms with Crippen LogP contribution in [0.3, 0.4) is 0 Å². The van der Waals surface area contributed by atoms with Crippen LogP contribution < -0.4 is 25.4 Å². The average molecular weight is 680 g/mol. The first-order chi connectivity index (χ1) is 23.2. The highest BCUT2D eigenvalue weighted by molar-refractivity contribution is 6.25. The van der Waals surface area contributed by atoms with Crippen molar-refractivity contribution in [2.75, 3.05) is 34.7 Å². The zero-order chi connectivity index (χ0) is 35.9. The Bertz CT molecular complexity index is 1670. The van der Waals surface area contributed by atoms with Crippen molar-refractivity contribution in [3.8, 4) is 17.6 Å². The van der Waals surface area contributed by atoms with Crippen LogP contribution in [0.1, 0.15) is 63.8 Å². The Balaban J connectivity index is 1.59. The summed E-state index contributed by atoms with van der Waals surface area (Å²) < 4.78 is 27.9. The highest BCUT2D eigenvalue weighted by Crippen LogP contribution is 2.51. The molecule has 2 bridgehead atoms. The number of allylic oxidation sites excluding steroid dienone is 2. The summed E-state index contributed by atoms with van der Waals surface area (Å²) in [4.78, 5) is 55.7. The maximum absolute atomic E-state index is 14.1. The number of ether oxygens (including phenoxy) is 5. The number of nitriles is 1. The van der Waals surface area contributed by atoms with Crippen LogP contribution in [0, 0.1) is 18.3 Å². The molecule has 0 aromatic heterocycles. The molecule has 1 fully saturated rings. The average Bonchev–Trinajstić information content (AvgIpc) is 3.03. The van der Waals surface area contributed by atoms with E-state index in [4.69, 9.17) is 23.7 Å². The number of amides is 2. The summed E-state index contributed by atoms with van der Waals surface area (Å²) in [6.45, 7) is 9.98. The summed E-state index contributed by atoms with van der Waals surface area (Å²) >= 11 is 0. The maximum atomic E-state index is 14.1. The molecule has 5 rings (SSSR count). The fourth-order valence-electron chi connectivity index (χ4n) is 7.53. The topological polar surface area (TPSA) is 178 Å². The van der Waals surface area contributed by atoms with E-state index in [1.807, 2.05) is 17.9 Å². The van der Waals surface area contributed by atoms with Crippen molar-refractivity contribution in [1.29, 1.82) is 5.26 Å². The second-order valence-electron chi connectivity index (χ2n) is 13.8. The lowest BCUT2D eigenvalue weighted by Crippen LogP contribution is -2.71. The molecule has 1 aromatic carbocycles. The number of fused-ring (bicyclic) bond motifs is 6. The number of carbonyl (C=O) groups excluding carboxylic acids is 4. The molecule has 1 aromatic rings. The molecule has 3 aliphatic heterocycles. The number of alkyl carbamates (subject to hydrolysis) is 1. The van der Waals surface area contributed by atoms with E-state index in [0.29, 0.717) is 23.5 Å². The van der Waals surface area contributed by atoms with Crippen molar-refractivity contribution in [3.05, 3.63) is 45.2 Å². The highest BCUT2D eigenvalue weighted by Gasteiger charge is 2.56. The van der Waals surface area contributed by atoms with Gasteiger partial charge in [0.25, 0.3) is 0 Å². The summed E-state index contributed by atoms with van der Waals surface area (Å²) in [5.41, 5.74) is 2.60. The number of aryl methyl sites for hydroxylation is 1. The summed E-state index contributed by atoms with van der Waals surface area (Å²) in [5, 5.41) is 19.7. The molecule has 3 heterocycles. The Labute approximate surface area is 286 Å². The number of Topliss-reactive ketones (excluding diaryl/α,β-unsaturated/α-hetero) is 2. The first-order valence-electron chi connectivity index (χ1n) is 16.3. The smallest absolute Gasteiger partial charge is 0.408 e. The van der Waals surface area contributed by atoms with Crippen LogP contribution in [0.25, 0.3) is 0 Å². The Hall–Kier alpha value is -4.45. The van der Waals surface area contributed by atoms with Gasteiger partial charge in [0.05, 0.1) is 32.4 Å². The zero-order valence-electron chi connectivity index (χ0n) is 29.4. The van der Waals surface area contributed by atoms with Crippen molar-refractivity contribution in [2.24, 2.45) is 0 Å². The number of rotatable bonds is 9. The monoisotopic (exact) mass is 679 g/mol. The molecule has 4 aliphatic rings. The quantitative estimate of drug-likeness (QED) is 0.257. The summed E-state index contributed by atoms with van der Waals surface area (Å²) in [6, 6.07) is 0.573. The third kappa shape index (κ3) is 6.50. The van der Waals surface area contributed by atoms with E-state index in [9.17, 15) is 24.4 Å². The van der Waals surface area contributed by atoms with Gasteiger partial charge in [-0.05, 0) is 65.5 Å². The van der Waals surface area contributed by atoms with E-state index in [0.717, 1.165) is 16.7 Å². The molecule has 6 atom stereocenters. The van der Waals surface area contributed by atoms with Crippen LogP contribution in [0.2, 0.25) is 0 Å². The molecule has 14 nitrogen and oxygen atoms in total. The van der Waals surface area contributed by atoms with Gasteiger partial charge in [0.1, 0.15) is 17.7 Å². The lowest BCUT2D eigenvalue weighted by molar-refractivity contribution is -0.124. The number of ketones is 2. The fraction of sp³-hybridized carbons (Fsp3) is 0.571. The van der Waals surface area contributed by atoms with Gasteiger partial charge in [0.2, 0.25) is 11.7 Å². The number of piperazine rings is 1. The normalized spacial score (nSPS) is 25.3. The van der Waals surface area contributed by atoms with Crippen molar-refractivity contribution in [1.82, 2.24) is 20.9 Å². The molecule has 1 unspecified atom stereocenters. The molecule has 1 saturated heterocycles. The molecular formula is C35H45N5O9. The minimum Gasteiger partial charge on any atom is -0.493 e. The minimum absolute atomic E-state index is 0.0339. The fourth-order valence-corrected chi connectivity index (χ4v) is 7.53. The van der Waals surface area contributed by atoms with Crippen LogP contribution in [-0.4, -0.2) is 98.9 Å². The van der Waals surface area contributed by atoms with Crippen molar-refractivity contribution < 1.29 is 42.9 Å². The summed E-state index contributed by atoms with van der Waals surface area (Å²) in [7, 11) is 4.43.